The van der Waals surface area contributed by atoms with Crippen LogP contribution in [0.5, 0.6) is 0 Å². The number of rotatable bonds is 3. The molecule has 1 aromatic heterocycles. The Balaban J connectivity index is 1.66. The molecule has 1 heterocycles. The van der Waals surface area contributed by atoms with Crippen molar-refractivity contribution in [1.29, 1.82) is 0 Å². The quantitative estimate of drug-likeness (QED) is 0.744. The van der Waals surface area contributed by atoms with Crippen molar-refractivity contribution in [3.05, 3.63) is 58.3 Å². The number of imidazole rings is 1. The van der Waals surface area contributed by atoms with E-state index in [1.807, 2.05) is 35.9 Å². The Morgan fingerprint density at radius 2 is 1.96 bits per heavy atom. The number of nitrogens with one attached hydrogen (secondary N) is 2. The van der Waals surface area contributed by atoms with Crippen molar-refractivity contribution in [3.8, 4) is 0 Å². The standard InChI is InChI=1S/C16H14Cl2N4O/c1-22-14-5-3-2-4-13(14)21-15(22)9-19-16(23)20-10-6-7-11(17)12(18)8-10/h2-8H,9H2,1H3,(H2,19,20,23). The minimum atomic E-state index is -0.338. The molecule has 0 spiro atoms. The summed E-state index contributed by atoms with van der Waals surface area (Å²) in [5, 5.41) is 6.31. The first kappa shape index (κ1) is 15.6. The van der Waals surface area contributed by atoms with Crippen LogP contribution in [-0.4, -0.2) is 15.6 Å². The number of halogens is 2. The summed E-state index contributed by atoms with van der Waals surface area (Å²) in [5.74, 6) is 0.774. The molecule has 2 aromatic carbocycles. The lowest BCUT2D eigenvalue weighted by atomic mass is 10.3. The molecule has 0 unspecified atom stereocenters. The molecule has 3 aromatic rings. The number of hydrogen-bond acceptors (Lipinski definition) is 2. The van der Waals surface area contributed by atoms with Crippen LogP contribution in [0.2, 0.25) is 10.0 Å². The van der Waals surface area contributed by atoms with E-state index in [2.05, 4.69) is 15.6 Å². The zero-order chi connectivity index (χ0) is 16.4. The van der Waals surface area contributed by atoms with Gasteiger partial charge < -0.3 is 15.2 Å². The number of urea groups is 1. The second kappa shape index (κ2) is 6.48. The highest BCUT2D eigenvalue weighted by Crippen LogP contribution is 2.24. The first-order valence-electron chi connectivity index (χ1n) is 6.95. The van der Waals surface area contributed by atoms with Gasteiger partial charge in [-0.05, 0) is 30.3 Å². The fourth-order valence-electron chi connectivity index (χ4n) is 2.26. The molecule has 0 radical (unpaired) electrons. The van der Waals surface area contributed by atoms with Crippen LogP contribution in [0.25, 0.3) is 11.0 Å². The van der Waals surface area contributed by atoms with Crippen LogP contribution in [0.4, 0.5) is 10.5 Å². The summed E-state index contributed by atoms with van der Waals surface area (Å²) < 4.78 is 1.95. The van der Waals surface area contributed by atoms with E-state index >= 15 is 0 Å². The predicted molar refractivity (Wildman–Crippen MR) is 93.0 cm³/mol. The number of amides is 2. The molecule has 0 saturated carbocycles. The Kier molecular flexibility index (Phi) is 4.41. The third-order valence-electron chi connectivity index (χ3n) is 3.46. The van der Waals surface area contributed by atoms with E-state index in [1.54, 1.807) is 18.2 Å². The molecule has 118 valence electrons. The highest BCUT2D eigenvalue weighted by atomic mass is 35.5. The minimum absolute atomic E-state index is 0.318. The molecule has 2 N–H and O–H groups in total. The Bertz CT molecular complexity index is 876. The van der Waals surface area contributed by atoms with Gasteiger partial charge in [-0.2, -0.15) is 0 Å². The first-order valence-corrected chi connectivity index (χ1v) is 7.70. The number of nitrogens with zero attached hydrogens (tertiary/aromatic N) is 2. The average Bonchev–Trinajstić information content (AvgIpc) is 2.86. The Morgan fingerprint density at radius 3 is 2.70 bits per heavy atom. The summed E-state index contributed by atoms with van der Waals surface area (Å²) in [6.07, 6.45) is 0. The molecular weight excluding hydrogens is 335 g/mol. The van der Waals surface area contributed by atoms with E-state index in [4.69, 9.17) is 23.2 Å². The molecule has 0 atom stereocenters. The fraction of sp³-hybridized carbons (Fsp3) is 0.125. The van der Waals surface area contributed by atoms with Crippen molar-refractivity contribution < 1.29 is 4.79 Å². The zero-order valence-electron chi connectivity index (χ0n) is 12.3. The molecule has 0 aliphatic heterocycles. The van der Waals surface area contributed by atoms with Gasteiger partial charge in [-0.15, -0.1) is 0 Å². The summed E-state index contributed by atoms with van der Waals surface area (Å²) in [7, 11) is 1.92. The molecule has 23 heavy (non-hydrogen) atoms. The Morgan fingerprint density at radius 1 is 1.17 bits per heavy atom. The Labute approximate surface area is 143 Å². The number of aromatic nitrogens is 2. The third kappa shape index (κ3) is 3.41. The van der Waals surface area contributed by atoms with E-state index < -0.39 is 0 Å². The van der Waals surface area contributed by atoms with Crippen molar-refractivity contribution in [2.45, 2.75) is 6.54 Å². The smallest absolute Gasteiger partial charge is 0.319 e. The van der Waals surface area contributed by atoms with Gasteiger partial charge >= 0.3 is 6.03 Å². The predicted octanol–water partition coefficient (Wildman–Crippen LogP) is 4.20. The van der Waals surface area contributed by atoms with Crippen LogP contribution in [-0.2, 0) is 13.6 Å². The minimum Gasteiger partial charge on any atom is -0.331 e. The van der Waals surface area contributed by atoms with E-state index in [0.29, 0.717) is 22.3 Å². The maximum Gasteiger partial charge on any atom is 0.319 e. The summed E-state index contributed by atoms with van der Waals surface area (Å²) in [5.41, 5.74) is 2.49. The molecule has 7 heteroatoms. The average molecular weight is 349 g/mol. The van der Waals surface area contributed by atoms with Gasteiger partial charge in [0.1, 0.15) is 5.82 Å². The van der Waals surface area contributed by atoms with Gasteiger partial charge in [0.25, 0.3) is 0 Å². The van der Waals surface area contributed by atoms with Crippen molar-refractivity contribution in [2.75, 3.05) is 5.32 Å². The summed E-state index contributed by atoms with van der Waals surface area (Å²) in [6, 6.07) is 12.4. The van der Waals surface area contributed by atoms with Gasteiger partial charge in [0.15, 0.2) is 0 Å². The van der Waals surface area contributed by atoms with Crippen LogP contribution in [0, 0.1) is 0 Å². The SMILES string of the molecule is Cn1c(CNC(=O)Nc2ccc(Cl)c(Cl)c2)nc2ccccc21. The largest absolute Gasteiger partial charge is 0.331 e. The molecule has 0 bridgehead atoms. The molecule has 0 saturated heterocycles. The van der Waals surface area contributed by atoms with Crippen LogP contribution in [0.3, 0.4) is 0 Å². The van der Waals surface area contributed by atoms with Crippen LogP contribution in [0.15, 0.2) is 42.5 Å². The van der Waals surface area contributed by atoms with Crippen LogP contribution in [0.1, 0.15) is 5.82 Å². The summed E-state index contributed by atoms with van der Waals surface area (Å²) >= 11 is 11.8. The summed E-state index contributed by atoms with van der Waals surface area (Å²) in [4.78, 5) is 16.5. The van der Waals surface area contributed by atoms with Crippen molar-refractivity contribution >= 4 is 46.0 Å². The molecular formula is C16H14Cl2N4O. The van der Waals surface area contributed by atoms with E-state index in [0.717, 1.165) is 16.9 Å². The first-order chi connectivity index (χ1) is 11.0. The lowest BCUT2D eigenvalue weighted by molar-refractivity contribution is 0.251. The van der Waals surface area contributed by atoms with Crippen molar-refractivity contribution in [2.24, 2.45) is 7.05 Å². The zero-order valence-corrected chi connectivity index (χ0v) is 13.8. The van der Waals surface area contributed by atoms with Gasteiger partial charge in [0.2, 0.25) is 0 Å². The highest BCUT2D eigenvalue weighted by Gasteiger charge is 2.09. The van der Waals surface area contributed by atoms with Crippen molar-refractivity contribution in [3.63, 3.8) is 0 Å². The number of benzene rings is 2. The third-order valence-corrected chi connectivity index (χ3v) is 4.20. The van der Waals surface area contributed by atoms with E-state index in [1.165, 1.54) is 0 Å². The van der Waals surface area contributed by atoms with Crippen molar-refractivity contribution in [1.82, 2.24) is 14.9 Å². The second-order valence-corrected chi connectivity index (χ2v) is 5.83. The molecule has 0 aliphatic rings. The maximum absolute atomic E-state index is 12.0. The number of para-hydroxylation sites is 2. The second-order valence-electron chi connectivity index (χ2n) is 5.01. The number of hydrogen-bond donors (Lipinski definition) is 2. The van der Waals surface area contributed by atoms with Crippen LogP contribution < -0.4 is 10.6 Å². The van der Waals surface area contributed by atoms with Gasteiger partial charge in [0, 0.05) is 12.7 Å². The fourth-order valence-corrected chi connectivity index (χ4v) is 2.56. The number of anilines is 1. The summed E-state index contributed by atoms with van der Waals surface area (Å²) in [6.45, 7) is 0.318. The lowest BCUT2D eigenvalue weighted by Gasteiger charge is -2.08. The maximum atomic E-state index is 12.0. The normalized spacial score (nSPS) is 10.7. The number of fused-ring (bicyclic) bond motifs is 1. The molecule has 0 fully saturated rings. The lowest BCUT2D eigenvalue weighted by Crippen LogP contribution is -2.29. The topological polar surface area (TPSA) is 59.0 Å². The number of carbonyl (C=O) groups excluding carboxylic acids is 1. The van der Waals surface area contributed by atoms with Gasteiger partial charge in [-0.25, -0.2) is 9.78 Å². The van der Waals surface area contributed by atoms with E-state index in [9.17, 15) is 4.79 Å². The highest BCUT2D eigenvalue weighted by molar-refractivity contribution is 6.42. The van der Waals surface area contributed by atoms with Gasteiger partial charge in [-0.3, -0.25) is 0 Å². The number of carbonyl (C=O) groups is 1. The molecule has 2 amide bonds. The van der Waals surface area contributed by atoms with E-state index in [-0.39, 0.29) is 6.03 Å². The number of aryl methyl sites for hydroxylation is 1. The van der Waals surface area contributed by atoms with Crippen LogP contribution >= 0.6 is 23.2 Å². The monoisotopic (exact) mass is 348 g/mol. The molecule has 0 aliphatic carbocycles. The van der Waals surface area contributed by atoms with Gasteiger partial charge in [0.05, 0.1) is 27.6 Å². The van der Waals surface area contributed by atoms with Gasteiger partial charge in [-0.1, -0.05) is 35.3 Å². The Hall–Kier alpha value is -2.24. The molecule has 3 rings (SSSR count). The molecule has 5 nitrogen and oxygen atoms in total.